The first-order valence-electron chi connectivity index (χ1n) is 13.0. The molecule has 0 aliphatic rings. The summed E-state index contributed by atoms with van der Waals surface area (Å²) in [5.74, 6) is -1.32. The number of benzene rings is 4. The second-order valence-corrected chi connectivity index (χ2v) is 10.6. The molecule has 4 aromatic carbocycles. The molecule has 0 saturated carbocycles. The van der Waals surface area contributed by atoms with Gasteiger partial charge in [0.25, 0.3) is 11.8 Å². The summed E-state index contributed by atoms with van der Waals surface area (Å²) in [6, 6.07) is 24.7. The van der Waals surface area contributed by atoms with Crippen LogP contribution in [0.1, 0.15) is 21.5 Å². The molecule has 3 N–H and O–H groups in total. The van der Waals surface area contributed by atoms with Crippen LogP contribution in [-0.2, 0) is 15.8 Å². The highest BCUT2D eigenvalue weighted by atomic mass is 35.5. The number of hydrogen-bond donors (Lipinski definition) is 3. The van der Waals surface area contributed by atoms with Gasteiger partial charge in [-0.15, -0.1) is 11.8 Å². The zero-order chi connectivity index (χ0) is 31.7. The molecule has 0 unspecified atom stereocenters. The van der Waals surface area contributed by atoms with Crippen LogP contribution in [0.2, 0.25) is 5.02 Å². The molecule has 0 aliphatic carbocycles. The average molecular weight is 640 g/mol. The Balaban J connectivity index is 1.47. The van der Waals surface area contributed by atoms with E-state index < -0.39 is 29.5 Å². The van der Waals surface area contributed by atoms with E-state index in [1.807, 2.05) is 0 Å². The molecule has 0 radical (unpaired) electrons. The molecule has 3 amide bonds. The van der Waals surface area contributed by atoms with Crippen LogP contribution in [0, 0.1) is 0 Å². The summed E-state index contributed by atoms with van der Waals surface area (Å²) in [6.45, 7) is 0. The van der Waals surface area contributed by atoms with Crippen molar-refractivity contribution in [2.24, 2.45) is 0 Å². The Morgan fingerprint density at radius 3 is 2.34 bits per heavy atom. The fourth-order valence-electron chi connectivity index (χ4n) is 3.88. The number of alkyl halides is 3. The van der Waals surface area contributed by atoms with Gasteiger partial charge in [0.1, 0.15) is 11.4 Å². The second kappa shape index (κ2) is 14.6. The first-order valence-corrected chi connectivity index (χ1v) is 14.3. The van der Waals surface area contributed by atoms with Gasteiger partial charge in [-0.3, -0.25) is 14.4 Å². The molecular weight excluding hydrogens is 615 g/mol. The van der Waals surface area contributed by atoms with Crippen LogP contribution in [0.3, 0.4) is 0 Å². The summed E-state index contributed by atoms with van der Waals surface area (Å²) in [5.41, 5.74) is 0.159. The first kappa shape index (κ1) is 32.2. The van der Waals surface area contributed by atoms with E-state index in [9.17, 15) is 27.6 Å². The van der Waals surface area contributed by atoms with Crippen molar-refractivity contribution in [3.8, 4) is 5.75 Å². The van der Waals surface area contributed by atoms with Crippen molar-refractivity contribution in [3.05, 3.63) is 124 Å². The molecule has 0 atom stereocenters. The number of ether oxygens (including phenoxy) is 1. The van der Waals surface area contributed by atoms with Crippen LogP contribution in [0.5, 0.6) is 5.75 Å². The molecule has 44 heavy (non-hydrogen) atoms. The summed E-state index contributed by atoms with van der Waals surface area (Å²) in [5, 5.41) is 7.78. The van der Waals surface area contributed by atoms with E-state index >= 15 is 0 Å². The van der Waals surface area contributed by atoms with Crippen molar-refractivity contribution in [2.75, 3.05) is 23.5 Å². The number of rotatable bonds is 10. The van der Waals surface area contributed by atoms with E-state index in [4.69, 9.17) is 16.3 Å². The van der Waals surface area contributed by atoms with Crippen LogP contribution in [-0.4, -0.2) is 30.6 Å². The normalized spacial score (nSPS) is 11.4. The Bertz CT molecular complexity index is 1700. The smallest absolute Gasteiger partial charge is 0.416 e. The molecule has 7 nitrogen and oxygen atoms in total. The van der Waals surface area contributed by atoms with E-state index in [1.54, 1.807) is 78.9 Å². The predicted octanol–water partition coefficient (Wildman–Crippen LogP) is 7.51. The summed E-state index contributed by atoms with van der Waals surface area (Å²) in [4.78, 5) is 39.4. The second-order valence-electron chi connectivity index (χ2n) is 9.13. The number of anilines is 2. The summed E-state index contributed by atoms with van der Waals surface area (Å²) < 4.78 is 44.5. The van der Waals surface area contributed by atoms with Crippen LogP contribution in [0.25, 0.3) is 6.08 Å². The number of methoxy groups -OCH3 is 1. The Hall–Kier alpha value is -4.74. The number of nitrogens with one attached hydrogen (secondary N) is 3. The van der Waals surface area contributed by atoms with Gasteiger partial charge < -0.3 is 20.7 Å². The Kier molecular flexibility index (Phi) is 10.7. The molecule has 0 aromatic heterocycles. The van der Waals surface area contributed by atoms with E-state index in [2.05, 4.69) is 16.0 Å². The minimum Gasteiger partial charge on any atom is -0.496 e. The lowest BCUT2D eigenvalue weighted by Gasteiger charge is -2.13. The van der Waals surface area contributed by atoms with Crippen molar-refractivity contribution in [1.82, 2.24) is 5.32 Å². The summed E-state index contributed by atoms with van der Waals surface area (Å²) >= 11 is 7.07. The van der Waals surface area contributed by atoms with Crippen LogP contribution in [0.15, 0.2) is 108 Å². The molecule has 4 aromatic rings. The van der Waals surface area contributed by atoms with Crippen molar-refractivity contribution >= 4 is 58.5 Å². The molecule has 0 heterocycles. The van der Waals surface area contributed by atoms with Crippen LogP contribution >= 0.6 is 23.4 Å². The highest BCUT2D eigenvalue weighted by molar-refractivity contribution is 8.00. The third kappa shape index (κ3) is 8.88. The molecule has 0 aliphatic heterocycles. The third-order valence-electron chi connectivity index (χ3n) is 6.00. The number of para-hydroxylation sites is 1. The number of amides is 3. The zero-order valence-corrected chi connectivity index (χ0v) is 24.6. The standard InChI is InChI=1S/C32H25ClF3N3O4S/c1-43-28-13-6-5-10-21(28)16-27(39-30(41)20-8-3-2-4-9-20)31(42)37-23-11-7-12-24(18-23)44-19-29(40)38-26-17-22(32(34,35)36)14-15-25(26)33/h2-18H,19H2,1H3,(H,37,42)(H,38,40)(H,39,41)/b27-16+. The molecule has 4 rings (SSSR count). The largest absolute Gasteiger partial charge is 0.496 e. The maximum atomic E-state index is 13.4. The van der Waals surface area contributed by atoms with E-state index in [1.165, 1.54) is 13.2 Å². The monoisotopic (exact) mass is 639 g/mol. The molecule has 226 valence electrons. The van der Waals surface area contributed by atoms with Gasteiger partial charge in [-0.05, 0) is 60.7 Å². The van der Waals surface area contributed by atoms with Gasteiger partial charge >= 0.3 is 6.18 Å². The minimum absolute atomic E-state index is 0.0302. The van der Waals surface area contributed by atoms with Crippen LogP contribution in [0.4, 0.5) is 24.5 Å². The lowest BCUT2D eigenvalue weighted by atomic mass is 10.1. The number of thioether (sulfide) groups is 1. The number of carbonyl (C=O) groups is 3. The maximum Gasteiger partial charge on any atom is 0.416 e. The minimum atomic E-state index is -4.59. The van der Waals surface area contributed by atoms with Gasteiger partial charge in [0.05, 0.1) is 29.1 Å². The van der Waals surface area contributed by atoms with E-state index in [-0.39, 0.29) is 22.2 Å². The Morgan fingerprint density at radius 2 is 1.61 bits per heavy atom. The maximum absolute atomic E-state index is 13.4. The van der Waals surface area contributed by atoms with Crippen molar-refractivity contribution < 1.29 is 32.3 Å². The molecule has 0 saturated heterocycles. The SMILES string of the molecule is COc1ccccc1/C=C(/NC(=O)c1ccccc1)C(=O)Nc1cccc(SCC(=O)Nc2cc(C(F)(F)F)ccc2Cl)c1. The summed E-state index contributed by atoms with van der Waals surface area (Å²) in [7, 11) is 1.49. The Morgan fingerprint density at radius 1 is 0.886 bits per heavy atom. The third-order valence-corrected chi connectivity index (χ3v) is 7.32. The molecular formula is C32H25ClF3N3O4S. The van der Waals surface area contributed by atoms with Gasteiger partial charge in [-0.1, -0.05) is 54.1 Å². The molecule has 12 heteroatoms. The van der Waals surface area contributed by atoms with Gasteiger partial charge in [0, 0.05) is 21.7 Å². The van der Waals surface area contributed by atoms with Gasteiger partial charge in [0.15, 0.2) is 0 Å². The molecule has 0 spiro atoms. The first-order chi connectivity index (χ1) is 21.0. The van der Waals surface area contributed by atoms with Gasteiger partial charge in [-0.2, -0.15) is 13.2 Å². The average Bonchev–Trinajstić information content (AvgIpc) is 3.01. The highest BCUT2D eigenvalue weighted by Gasteiger charge is 2.31. The molecule has 0 bridgehead atoms. The van der Waals surface area contributed by atoms with Gasteiger partial charge in [0.2, 0.25) is 5.91 Å². The lowest BCUT2D eigenvalue weighted by Crippen LogP contribution is -2.30. The van der Waals surface area contributed by atoms with Crippen molar-refractivity contribution in [1.29, 1.82) is 0 Å². The molecule has 0 fully saturated rings. The van der Waals surface area contributed by atoms with Crippen molar-refractivity contribution in [2.45, 2.75) is 11.1 Å². The lowest BCUT2D eigenvalue weighted by molar-refractivity contribution is -0.137. The number of halogens is 4. The topological polar surface area (TPSA) is 96.5 Å². The number of hydrogen-bond acceptors (Lipinski definition) is 5. The highest BCUT2D eigenvalue weighted by Crippen LogP contribution is 2.34. The fraction of sp³-hybridized carbons (Fsp3) is 0.0938. The quantitative estimate of drug-likeness (QED) is 0.123. The zero-order valence-electron chi connectivity index (χ0n) is 23.1. The number of carbonyl (C=O) groups excluding carboxylic acids is 3. The van der Waals surface area contributed by atoms with Crippen molar-refractivity contribution in [3.63, 3.8) is 0 Å². The summed E-state index contributed by atoms with van der Waals surface area (Å²) in [6.07, 6.45) is -3.09. The fourth-order valence-corrected chi connectivity index (χ4v) is 4.80. The van der Waals surface area contributed by atoms with E-state index in [0.717, 1.165) is 30.0 Å². The van der Waals surface area contributed by atoms with Gasteiger partial charge in [-0.25, -0.2) is 0 Å². The predicted molar refractivity (Wildman–Crippen MR) is 166 cm³/mol. The Labute approximate surface area is 260 Å². The van der Waals surface area contributed by atoms with Crippen LogP contribution < -0.4 is 20.7 Å². The van der Waals surface area contributed by atoms with E-state index in [0.29, 0.717) is 27.5 Å².